The lowest BCUT2D eigenvalue weighted by Gasteiger charge is -2.09. The average Bonchev–Trinajstić information content (AvgIpc) is 2.25. The molecule has 1 aromatic carbocycles. The normalized spacial score (nSPS) is 10.2. The molecule has 0 unspecified atom stereocenters. The summed E-state index contributed by atoms with van der Waals surface area (Å²) < 4.78 is 5.04. The molecule has 18 heavy (non-hydrogen) atoms. The van der Waals surface area contributed by atoms with Crippen LogP contribution in [-0.2, 0) is 16.0 Å². The van der Waals surface area contributed by atoms with Crippen molar-refractivity contribution in [2.24, 2.45) is 0 Å². The average molecular weight is 251 g/mol. The first kappa shape index (κ1) is 14.0. The maximum Gasteiger partial charge on any atom is 0.341 e. The minimum Gasteiger partial charge on any atom is -0.482 e. The van der Waals surface area contributed by atoms with E-state index in [2.05, 4.69) is 5.32 Å². The predicted molar refractivity (Wildman–Crippen MR) is 66.6 cm³/mol. The molecule has 5 nitrogen and oxygen atoms in total. The molecule has 0 saturated carbocycles. The Balaban J connectivity index is 2.59. The second kappa shape index (κ2) is 6.64. The maximum absolute atomic E-state index is 11.6. The lowest BCUT2D eigenvalue weighted by atomic mass is 10.1. The molecule has 98 valence electrons. The van der Waals surface area contributed by atoms with Crippen molar-refractivity contribution in [1.29, 1.82) is 0 Å². The summed E-state index contributed by atoms with van der Waals surface area (Å²) in [6.45, 7) is 3.40. The molecular weight excluding hydrogens is 234 g/mol. The SMILES string of the molecule is CC(C)NC(=O)Cc1cccc(OCC(=O)O)c1. The van der Waals surface area contributed by atoms with Gasteiger partial charge in [0.1, 0.15) is 5.75 Å². The summed E-state index contributed by atoms with van der Waals surface area (Å²) in [5.74, 6) is -0.648. The Hall–Kier alpha value is -2.04. The molecule has 1 rings (SSSR count). The minimum absolute atomic E-state index is 0.0691. The molecule has 0 aliphatic carbocycles. The highest BCUT2D eigenvalue weighted by molar-refractivity contribution is 5.78. The first-order valence-corrected chi connectivity index (χ1v) is 5.70. The number of benzene rings is 1. The summed E-state index contributed by atoms with van der Waals surface area (Å²) in [4.78, 5) is 21.9. The van der Waals surface area contributed by atoms with Crippen molar-refractivity contribution in [1.82, 2.24) is 5.32 Å². The van der Waals surface area contributed by atoms with Gasteiger partial charge in [0.05, 0.1) is 6.42 Å². The van der Waals surface area contributed by atoms with Crippen LogP contribution in [0.25, 0.3) is 0 Å². The molecule has 0 aromatic heterocycles. The van der Waals surface area contributed by atoms with Gasteiger partial charge in [-0.15, -0.1) is 0 Å². The molecule has 0 heterocycles. The molecule has 1 amide bonds. The van der Waals surface area contributed by atoms with Gasteiger partial charge in [-0.25, -0.2) is 4.79 Å². The molecular formula is C13H17NO4. The summed E-state index contributed by atoms with van der Waals surface area (Å²) >= 11 is 0. The van der Waals surface area contributed by atoms with Gasteiger partial charge in [-0.1, -0.05) is 12.1 Å². The summed E-state index contributed by atoms with van der Waals surface area (Å²) in [5.41, 5.74) is 0.788. The minimum atomic E-state index is -1.03. The number of ether oxygens (including phenoxy) is 1. The van der Waals surface area contributed by atoms with Crippen LogP contribution < -0.4 is 10.1 Å². The van der Waals surface area contributed by atoms with E-state index in [1.807, 2.05) is 13.8 Å². The van der Waals surface area contributed by atoms with Gasteiger partial charge in [0.2, 0.25) is 5.91 Å². The highest BCUT2D eigenvalue weighted by Gasteiger charge is 2.06. The van der Waals surface area contributed by atoms with E-state index in [1.54, 1.807) is 24.3 Å². The zero-order chi connectivity index (χ0) is 13.5. The molecule has 2 N–H and O–H groups in total. The van der Waals surface area contributed by atoms with Crippen molar-refractivity contribution >= 4 is 11.9 Å². The topological polar surface area (TPSA) is 75.6 Å². The van der Waals surface area contributed by atoms with E-state index in [0.717, 1.165) is 5.56 Å². The predicted octanol–water partition coefficient (Wildman–Crippen LogP) is 1.22. The van der Waals surface area contributed by atoms with Crippen LogP contribution in [0.2, 0.25) is 0 Å². The molecule has 0 aliphatic heterocycles. The van der Waals surface area contributed by atoms with Gasteiger partial charge >= 0.3 is 5.97 Å². The first-order chi connectivity index (χ1) is 8.47. The fourth-order valence-electron chi connectivity index (χ4n) is 1.45. The van der Waals surface area contributed by atoms with Gasteiger partial charge < -0.3 is 15.2 Å². The van der Waals surface area contributed by atoms with Crippen molar-refractivity contribution in [3.05, 3.63) is 29.8 Å². The second-order valence-electron chi connectivity index (χ2n) is 4.23. The van der Waals surface area contributed by atoms with Gasteiger partial charge in [0.15, 0.2) is 6.61 Å². The maximum atomic E-state index is 11.6. The van der Waals surface area contributed by atoms with Gasteiger partial charge in [0, 0.05) is 6.04 Å². The Labute approximate surface area is 106 Å². The van der Waals surface area contributed by atoms with Crippen LogP contribution >= 0.6 is 0 Å². The number of carbonyl (C=O) groups is 2. The van der Waals surface area contributed by atoms with Crippen molar-refractivity contribution in [3.8, 4) is 5.75 Å². The van der Waals surface area contributed by atoms with Crippen LogP contribution in [-0.4, -0.2) is 29.6 Å². The van der Waals surface area contributed by atoms with Crippen LogP contribution in [0.4, 0.5) is 0 Å². The van der Waals surface area contributed by atoms with E-state index in [9.17, 15) is 9.59 Å². The number of carboxylic acids is 1. The van der Waals surface area contributed by atoms with Gasteiger partial charge in [-0.2, -0.15) is 0 Å². The monoisotopic (exact) mass is 251 g/mol. The van der Waals surface area contributed by atoms with E-state index >= 15 is 0 Å². The molecule has 0 spiro atoms. The molecule has 0 bridgehead atoms. The highest BCUT2D eigenvalue weighted by Crippen LogP contribution is 2.13. The largest absolute Gasteiger partial charge is 0.482 e. The Kier molecular flexibility index (Phi) is 5.17. The molecule has 0 saturated heterocycles. The van der Waals surface area contributed by atoms with Gasteiger partial charge in [-0.05, 0) is 31.5 Å². The van der Waals surface area contributed by atoms with Crippen molar-refractivity contribution in [2.45, 2.75) is 26.3 Å². The number of hydrogen-bond donors (Lipinski definition) is 2. The van der Waals surface area contributed by atoms with Gasteiger partial charge in [-0.3, -0.25) is 4.79 Å². The third-order valence-electron chi connectivity index (χ3n) is 2.08. The smallest absolute Gasteiger partial charge is 0.341 e. The summed E-state index contributed by atoms with van der Waals surface area (Å²) in [7, 11) is 0. The first-order valence-electron chi connectivity index (χ1n) is 5.70. The van der Waals surface area contributed by atoms with E-state index in [-0.39, 0.29) is 25.0 Å². The Morgan fingerprint density at radius 2 is 2.11 bits per heavy atom. The summed E-state index contributed by atoms with van der Waals surface area (Å²) in [6, 6.07) is 6.96. The lowest BCUT2D eigenvalue weighted by Crippen LogP contribution is -2.31. The van der Waals surface area contributed by atoms with E-state index in [4.69, 9.17) is 9.84 Å². The quantitative estimate of drug-likeness (QED) is 0.797. The number of nitrogens with one attached hydrogen (secondary N) is 1. The molecule has 0 fully saturated rings. The number of carbonyl (C=O) groups excluding carboxylic acids is 1. The zero-order valence-electron chi connectivity index (χ0n) is 10.5. The molecule has 1 aromatic rings. The summed E-state index contributed by atoms with van der Waals surface area (Å²) in [5, 5.41) is 11.3. The van der Waals surface area contributed by atoms with Gasteiger partial charge in [0.25, 0.3) is 0 Å². The number of carboxylic acid groups (broad SMARTS) is 1. The Bertz CT molecular complexity index is 429. The van der Waals surface area contributed by atoms with Crippen LogP contribution in [0, 0.1) is 0 Å². The Morgan fingerprint density at radius 3 is 2.72 bits per heavy atom. The zero-order valence-corrected chi connectivity index (χ0v) is 10.5. The summed E-state index contributed by atoms with van der Waals surface area (Å²) in [6.07, 6.45) is 0.252. The Morgan fingerprint density at radius 1 is 1.39 bits per heavy atom. The second-order valence-corrected chi connectivity index (χ2v) is 4.23. The van der Waals surface area contributed by atoms with E-state index < -0.39 is 5.97 Å². The van der Waals surface area contributed by atoms with Crippen LogP contribution in [0.15, 0.2) is 24.3 Å². The number of rotatable bonds is 6. The number of hydrogen-bond acceptors (Lipinski definition) is 3. The van der Waals surface area contributed by atoms with Crippen LogP contribution in [0.1, 0.15) is 19.4 Å². The molecule has 0 atom stereocenters. The van der Waals surface area contributed by atoms with E-state index in [1.165, 1.54) is 0 Å². The molecule has 0 aliphatic rings. The molecule has 0 radical (unpaired) electrons. The fourth-order valence-corrected chi connectivity index (χ4v) is 1.45. The van der Waals surface area contributed by atoms with Crippen LogP contribution in [0.5, 0.6) is 5.75 Å². The van der Waals surface area contributed by atoms with Crippen LogP contribution in [0.3, 0.4) is 0 Å². The number of amides is 1. The van der Waals surface area contributed by atoms with Crippen molar-refractivity contribution in [3.63, 3.8) is 0 Å². The van der Waals surface area contributed by atoms with E-state index in [0.29, 0.717) is 5.75 Å². The highest BCUT2D eigenvalue weighted by atomic mass is 16.5. The number of aliphatic carboxylic acids is 1. The lowest BCUT2D eigenvalue weighted by molar-refractivity contribution is -0.139. The van der Waals surface area contributed by atoms with Crippen molar-refractivity contribution in [2.75, 3.05) is 6.61 Å². The fraction of sp³-hybridized carbons (Fsp3) is 0.385. The third-order valence-corrected chi connectivity index (χ3v) is 2.08. The third kappa shape index (κ3) is 5.34. The van der Waals surface area contributed by atoms with Crippen molar-refractivity contribution < 1.29 is 19.4 Å². The standard InChI is InChI=1S/C13H17NO4/c1-9(2)14-12(15)7-10-4-3-5-11(6-10)18-8-13(16)17/h3-6,9H,7-8H2,1-2H3,(H,14,15)(H,16,17). The molecule has 5 heteroatoms.